The molecule has 0 bridgehead atoms. The van der Waals surface area contributed by atoms with Crippen molar-refractivity contribution in [3.05, 3.63) is 24.5 Å². The maximum atomic E-state index is 4.38. The van der Waals surface area contributed by atoms with E-state index in [4.69, 9.17) is 0 Å². The lowest BCUT2D eigenvalue weighted by molar-refractivity contribution is 1.19. The van der Waals surface area contributed by atoms with Gasteiger partial charge in [0.1, 0.15) is 32.6 Å². The zero-order valence-electron chi connectivity index (χ0n) is 8.81. The largest absolute Gasteiger partial charge is 0.253 e. The molecule has 4 heterocycles. The average Bonchev–Trinajstić information content (AvgIpc) is 3.06. The molecule has 4 aromatic rings. The van der Waals surface area contributed by atoms with Crippen molar-refractivity contribution >= 4 is 44.5 Å². The van der Waals surface area contributed by atoms with Gasteiger partial charge in [-0.1, -0.05) is 4.49 Å². The van der Waals surface area contributed by atoms with Crippen LogP contribution in [-0.2, 0) is 0 Å². The molecule has 18 heavy (non-hydrogen) atoms. The first kappa shape index (κ1) is 9.92. The van der Waals surface area contributed by atoms with Crippen molar-refractivity contribution in [3.63, 3.8) is 0 Å². The van der Waals surface area contributed by atoms with Gasteiger partial charge in [0.25, 0.3) is 0 Å². The maximum absolute atomic E-state index is 4.38. The summed E-state index contributed by atoms with van der Waals surface area (Å²) in [7, 11) is 0. The van der Waals surface area contributed by atoms with Crippen LogP contribution in [0.2, 0.25) is 0 Å². The van der Waals surface area contributed by atoms with Crippen LogP contribution in [0.4, 0.5) is 0 Å². The topological polar surface area (TPSA) is 77.3 Å². The Morgan fingerprint density at radius 1 is 0.889 bits per heavy atom. The third-order valence-corrected chi connectivity index (χ3v) is 3.85. The molecular formula is C10H4N6S2. The summed E-state index contributed by atoms with van der Waals surface area (Å²) in [6.45, 7) is 0. The zero-order chi connectivity index (χ0) is 11.9. The molecule has 86 valence electrons. The summed E-state index contributed by atoms with van der Waals surface area (Å²) in [5, 5.41) is 4.04. The number of fused-ring (bicyclic) bond motifs is 2. The molecule has 0 unspecified atom stereocenters. The molecule has 0 amide bonds. The molecule has 0 saturated carbocycles. The minimum Gasteiger partial charge on any atom is -0.253 e. The van der Waals surface area contributed by atoms with E-state index < -0.39 is 0 Å². The first-order chi connectivity index (χ1) is 8.93. The predicted molar refractivity (Wildman–Crippen MR) is 69.4 cm³/mol. The number of pyridine rings is 2. The highest BCUT2D eigenvalue weighted by Crippen LogP contribution is 2.30. The van der Waals surface area contributed by atoms with Crippen LogP contribution < -0.4 is 0 Å². The quantitative estimate of drug-likeness (QED) is 0.528. The van der Waals surface area contributed by atoms with Crippen molar-refractivity contribution in [1.29, 1.82) is 0 Å². The summed E-state index contributed by atoms with van der Waals surface area (Å²) in [6.07, 6.45) is 3.42. The molecule has 0 aliphatic heterocycles. The molecule has 0 fully saturated rings. The van der Waals surface area contributed by atoms with Crippen LogP contribution in [0.5, 0.6) is 0 Å². The van der Waals surface area contributed by atoms with E-state index in [0.29, 0.717) is 0 Å². The van der Waals surface area contributed by atoms with Crippen molar-refractivity contribution < 1.29 is 0 Å². The van der Waals surface area contributed by atoms with Gasteiger partial charge in [-0.2, -0.15) is 8.75 Å². The van der Waals surface area contributed by atoms with Gasteiger partial charge in [-0.15, -0.1) is 5.10 Å². The lowest BCUT2D eigenvalue weighted by Gasteiger charge is -2.00. The first-order valence-electron chi connectivity index (χ1n) is 5.08. The van der Waals surface area contributed by atoms with Crippen LogP contribution in [0.15, 0.2) is 24.5 Å². The van der Waals surface area contributed by atoms with E-state index in [0.717, 1.165) is 32.6 Å². The maximum Gasteiger partial charge on any atom is 0.132 e. The van der Waals surface area contributed by atoms with Crippen molar-refractivity contribution in [2.75, 3.05) is 0 Å². The molecule has 6 nitrogen and oxygen atoms in total. The monoisotopic (exact) mass is 272 g/mol. The fraction of sp³-hybridized carbons (Fsp3) is 0. The van der Waals surface area contributed by atoms with Gasteiger partial charge < -0.3 is 0 Å². The van der Waals surface area contributed by atoms with Crippen molar-refractivity contribution in [1.82, 2.24) is 28.3 Å². The molecule has 0 aliphatic carbocycles. The fourth-order valence-corrected chi connectivity index (χ4v) is 2.95. The highest BCUT2D eigenvalue weighted by molar-refractivity contribution is 7.13. The minimum atomic E-state index is 0.734. The Morgan fingerprint density at radius 3 is 2.67 bits per heavy atom. The smallest absolute Gasteiger partial charge is 0.132 e. The van der Waals surface area contributed by atoms with Crippen molar-refractivity contribution in [2.24, 2.45) is 0 Å². The first-order valence-corrected chi connectivity index (χ1v) is 6.58. The van der Waals surface area contributed by atoms with Gasteiger partial charge in [0.2, 0.25) is 0 Å². The van der Waals surface area contributed by atoms with Crippen LogP contribution in [0, 0.1) is 0 Å². The molecule has 4 aromatic heterocycles. The summed E-state index contributed by atoms with van der Waals surface area (Å²) in [5.41, 5.74) is 3.93. The SMILES string of the molecule is c1cc2nsnc2c(-c2nccc3nnsc23)n1. The predicted octanol–water partition coefficient (Wildman–Crippen LogP) is 2.15. The second kappa shape index (κ2) is 3.72. The Balaban J connectivity index is 2.13. The van der Waals surface area contributed by atoms with E-state index in [-0.39, 0.29) is 0 Å². The van der Waals surface area contributed by atoms with Crippen molar-refractivity contribution in [2.45, 2.75) is 0 Å². The summed E-state index contributed by atoms with van der Waals surface area (Å²) >= 11 is 2.49. The molecule has 8 heteroatoms. The van der Waals surface area contributed by atoms with Crippen LogP contribution >= 0.6 is 23.3 Å². The van der Waals surface area contributed by atoms with E-state index in [9.17, 15) is 0 Å². The Morgan fingerprint density at radius 2 is 1.72 bits per heavy atom. The summed E-state index contributed by atoms with van der Waals surface area (Å²) in [6, 6.07) is 3.68. The Hall–Kier alpha value is -2.06. The Kier molecular flexibility index (Phi) is 2.05. The molecule has 0 aliphatic rings. The minimum absolute atomic E-state index is 0.734. The molecule has 4 rings (SSSR count). The molecule has 0 atom stereocenters. The lowest BCUT2D eigenvalue weighted by atomic mass is 10.2. The Bertz CT molecular complexity index is 779. The van der Waals surface area contributed by atoms with Gasteiger partial charge >= 0.3 is 0 Å². The zero-order valence-corrected chi connectivity index (χ0v) is 10.4. The van der Waals surface area contributed by atoms with E-state index in [1.54, 1.807) is 12.4 Å². The van der Waals surface area contributed by atoms with Crippen LogP contribution in [0.3, 0.4) is 0 Å². The average molecular weight is 272 g/mol. The van der Waals surface area contributed by atoms with E-state index in [2.05, 4.69) is 28.3 Å². The molecule has 0 aromatic carbocycles. The third kappa shape index (κ3) is 1.33. The van der Waals surface area contributed by atoms with E-state index in [1.807, 2.05) is 12.1 Å². The number of nitrogens with zero attached hydrogens (tertiary/aromatic N) is 6. The van der Waals surface area contributed by atoms with Crippen LogP contribution in [0.25, 0.3) is 32.6 Å². The molecule has 0 N–H and O–H groups in total. The molecular weight excluding hydrogens is 268 g/mol. The third-order valence-electron chi connectivity index (χ3n) is 2.56. The van der Waals surface area contributed by atoms with E-state index >= 15 is 0 Å². The Labute approximate surface area is 109 Å². The van der Waals surface area contributed by atoms with Gasteiger partial charge in [0.05, 0.1) is 11.7 Å². The van der Waals surface area contributed by atoms with Gasteiger partial charge in [0, 0.05) is 12.4 Å². The number of hydrogen-bond donors (Lipinski definition) is 0. The number of aromatic nitrogens is 6. The van der Waals surface area contributed by atoms with Gasteiger partial charge in [-0.25, -0.2) is 0 Å². The highest BCUT2D eigenvalue weighted by atomic mass is 32.1. The second-order valence-corrected chi connectivity index (χ2v) is 4.85. The second-order valence-electron chi connectivity index (χ2n) is 3.57. The molecule has 0 saturated heterocycles. The number of rotatable bonds is 1. The van der Waals surface area contributed by atoms with E-state index in [1.165, 1.54) is 23.3 Å². The van der Waals surface area contributed by atoms with Crippen LogP contribution in [0.1, 0.15) is 0 Å². The van der Waals surface area contributed by atoms with Crippen LogP contribution in [-0.4, -0.2) is 28.3 Å². The van der Waals surface area contributed by atoms with Crippen molar-refractivity contribution in [3.8, 4) is 11.4 Å². The summed E-state index contributed by atoms with van der Waals surface area (Å²) in [5.74, 6) is 0. The van der Waals surface area contributed by atoms with Gasteiger partial charge in [0.15, 0.2) is 0 Å². The lowest BCUT2D eigenvalue weighted by Crippen LogP contribution is -1.89. The standard InChI is InChI=1S/C10H4N6S2/c1-3-11-8(7-5(1)14-18-15-7)9-10-6(2-4-12-9)13-16-17-10/h1-4H. The van der Waals surface area contributed by atoms with Gasteiger partial charge in [-0.3, -0.25) is 9.97 Å². The molecule has 0 radical (unpaired) electrons. The normalized spacial score (nSPS) is 11.3. The highest BCUT2D eigenvalue weighted by Gasteiger charge is 2.14. The summed E-state index contributed by atoms with van der Waals surface area (Å²) in [4.78, 5) is 8.76. The number of hydrogen-bond acceptors (Lipinski definition) is 8. The molecule has 0 spiro atoms. The van der Waals surface area contributed by atoms with Gasteiger partial charge in [-0.05, 0) is 23.7 Å². The summed E-state index contributed by atoms with van der Waals surface area (Å²) < 4.78 is 13.4. The fourth-order valence-electron chi connectivity index (χ4n) is 1.77.